The number of hydrogen-bond donors (Lipinski definition) is 3. The summed E-state index contributed by atoms with van der Waals surface area (Å²) in [5.41, 5.74) is 0.417. The average Bonchev–Trinajstić information content (AvgIpc) is 2.72. The van der Waals surface area contributed by atoms with Gasteiger partial charge in [-0.25, -0.2) is 0 Å². The number of aliphatic hydroxyl groups excluding tert-OH is 2. The molecule has 0 radical (unpaired) electrons. The Kier molecular flexibility index (Phi) is 4.44. The first-order chi connectivity index (χ1) is 13.9. The molecule has 0 aliphatic carbocycles. The van der Waals surface area contributed by atoms with E-state index < -0.39 is 17.6 Å². The Hall–Kier alpha value is -3.17. The van der Waals surface area contributed by atoms with Gasteiger partial charge in [-0.15, -0.1) is 0 Å². The fourth-order valence-corrected chi connectivity index (χ4v) is 4.16. The topological polar surface area (TPSA) is 120 Å². The molecule has 2 heterocycles. The molecule has 3 aromatic rings. The lowest BCUT2D eigenvalue weighted by Gasteiger charge is -2.32. The van der Waals surface area contributed by atoms with E-state index in [2.05, 4.69) is 0 Å². The first kappa shape index (κ1) is 19.2. The maximum absolute atomic E-state index is 13.5. The molecule has 1 aliphatic heterocycles. The second-order valence-electron chi connectivity index (χ2n) is 6.70. The van der Waals surface area contributed by atoms with Crippen LogP contribution in [0.1, 0.15) is 11.7 Å². The van der Waals surface area contributed by atoms with E-state index in [1.807, 2.05) is 0 Å². The molecule has 4 rings (SSSR count). The molecule has 0 saturated carbocycles. The van der Waals surface area contributed by atoms with Crippen LogP contribution in [0.25, 0.3) is 21.8 Å². The van der Waals surface area contributed by atoms with E-state index in [-0.39, 0.29) is 51.6 Å². The molecular formula is C20H21NO8. The second kappa shape index (κ2) is 6.71. The molecule has 2 unspecified atom stereocenters. The lowest BCUT2D eigenvalue weighted by Crippen LogP contribution is -2.32. The molecule has 9 nitrogen and oxygen atoms in total. The molecular weight excluding hydrogens is 382 g/mol. The number of aliphatic hydroxyl groups is 2. The maximum atomic E-state index is 13.5. The van der Waals surface area contributed by atoms with Gasteiger partial charge in [0.15, 0.2) is 23.0 Å². The highest BCUT2D eigenvalue weighted by Gasteiger charge is 2.37. The van der Waals surface area contributed by atoms with E-state index in [9.17, 15) is 20.1 Å². The molecule has 0 amide bonds. The third-order valence-corrected chi connectivity index (χ3v) is 5.34. The fourth-order valence-electron chi connectivity index (χ4n) is 4.16. The van der Waals surface area contributed by atoms with Gasteiger partial charge in [0, 0.05) is 0 Å². The molecule has 2 aromatic carbocycles. The quantitative estimate of drug-likeness (QED) is 0.558. The zero-order valence-electron chi connectivity index (χ0n) is 16.3. The minimum Gasteiger partial charge on any atom is -0.504 e. The Bertz CT molecular complexity index is 1200. The summed E-state index contributed by atoms with van der Waals surface area (Å²) in [6.07, 6.45) is -2.53. The van der Waals surface area contributed by atoms with Gasteiger partial charge < -0.3 is 38.8 Å². The first-order valence-electron chi connectivity index (χ1n) is 8.85. The van der Waals surface area contributed by atoms with Gasteiger partial charge in [-0.1, -0.05) is 0 Å². The van der Waals surface area contributed by atoms with Crippen molar-refractivity contribution in [2.75, 3.05) is 28.4 Å². The molecule has 1 aromatic heterocycles. The number of hydrogen-bond acceptors (Lipinski definition) is 8. The van der Waals surface area contributed by atoms with Gasteiger partial charge in [0.2, 0.25) is 11.2 Å². The van der Waals surface area contributed by atoms with E-state index in [0.717, 1.165) is 0 Å². The molecule has 29 heavy (non-hydrogen) atoms. The van der Waals surface area contributed by atoms with E-state index in [1.165, 1.54) is 40.6 Å². The summed E-state index contributed by atoms with van der Waals surface area (Å²) < 4.78 is 23.4. The molecule has 2 atom stereocenters. The monoisotopic (exact) mass is 403 g/mol. The normalized spacial score (nSPS) is 18.1. The van der Waals surface area contributed by atoms with Crippen LogP contribution in [0.2, 0.25) is 0 Å². The Morgan fingerprint density at radius 3 is 2.10 bits per heavy atom. The molecule has 9 heteroatoms. The van der Waals surface area contributed by atoms with Crippen molar-refractivity contribution in [3.8, 4) is 28.7 Å². The standard InChI is InChI=1S/C20H21NO8/c1-26-17-9(22)6-5-8-13(17)21-7-10(23)16(25)12-14(21)11(15(8)24)18(27-2)20(29-4)19(12)28-3/h5-6,10,16,22-23,25H,7H2,1-4H3. The molecule has 154 valence electrons. The van der Waals surface area contributed by atoms with Crippen molar-refractivity contribution in [3.63, 3.8) is 0 Å². The van der Waals surface area contributed by atoms with Crippen LogP contribution in [0, 0.1) is 0 Å². The van der Waals surface area contributed by atoms with E-state index in [1.54, 1.807) is 4.57 Å². The number of rotatable bonds is 4. The molecule has 1 aliphatic rings. The van der Waals surface area contributed by atoms with Crippen LogP contribution in [-0.2, 0) is 6.54 Å². The molecule has 0 fully saturated rings. The first-order valence-corrected chi connectivity index (χ1v) is 8.85. The third kappa shape index (κ3) is 2.37. The number of aromatic nitrogens is 1. The van der Waals surface area contributed by atoms with Crippen LogP contribution >= 0.6 is 0 Å². The van der Waals surface area contributed by atoms with Crippen LogP contribution in [0.5, 0.6) is 28.7 Å². The number of ether oxygens (including phenoxy) is 4. The molecule has 0 bridgehead atoms. The maximum Gasteiger partial charge on any atom is 0.204 e. The van der Waals surface area contributed by atoms with Crippen molar-refractivity contribution in [2.24, 2.45) is 0 Å². The third-order valence-electron chi connectivity index (χ3n) is 5.34. The Morgan fingerprint density at radius 1 is 0.897 bits per heavy atom. The van der Waals surface area contributed by atoms with Gasteiger partial charge >= 0.3 is 0 Å². The van der Waals surface area contributed by atoms with Crippen molar-refractivity contribution < 1.29 is 34.3 Å². The second-order valence-corrected chi connectivity index (χ2v) is 6.70. The van der Waals surface area contributed by atoms with E-state index in [0.29, 0.717) is 11.0 Å². The highest BCUT2D eigenvalue weighted by molar-refractivity contribution is 6.04. The number of benzene rings is 2. The number of nitrogens with zero attached hydrogens (tertiary/aromatic N) is 1. The lowest BCUT2D eigenvalue weighted by molar-refractivity contribution is 0.00338. The number of methoxy groups -OCH3 is 4. The highest BCUT2D eigenvalue weighted by atomic mass is 16.5. The van der Waals surface area contributed by atoms with Crippen molar-refractivity contribution in [2.45, 2.75) is 18.8 Å². The van der Waals surface area contributed by atoms with Crippen molar-refractivity contribution >= 4 is 21.8 Å². The number of fused-ring (bicyclic) bond motifs is 2. The Morgan fingerprint density at radius 2 is 1.52 bits per heavy atom. The zero-order chi connectivity index (χ0) is 21.0. The smallest absolute Gasteiger partial charge is 0.204 e. The largest absolute Gasteiger partial charge is 0.504 e. The number of phenols is 1. The van der Waals surface area contributed by atoms with Gasteiger partial charge in [0.05, 0.1) is 62.4 Å². The summed E-state index contributed by atoms with van der Waals surface area (Å²) in [6, 6.07) is 2.84. The summed E-state index contributed by atoms with van der Waals surface area (Å²) >= 11 is 0. The van der Waals surface area contributed by atoms with Gasteiger partial charge in [-0.05, 0) is 12.1 Å². The SMILES string of the molecule is COc1c(OC)c2c3c(c1OC)c(=O)c1ccc(O)c(OC)c1n3CC(O)C2O. The lowest BCUT2D eigenvalue weighted by atomic mass is 9.92. The van der Waals surface area contributed by atoms with Crippen LogP contribution in [-0.4, -0.2) is 54.4 Å². The van der Waals surface area contributed by atoms with Crippen molar-refractivity contribution in [1.29, 1.82) is 0 Å². The van der Waals surface area contributed by atoms with Crippen LogP contribution < -0.4 is 24.4 Å². The summed E-state index contributed by atoms with van der Waals surface area (Å²) in [7, 11) is 5.56. The Balaban J connectivity index is 2.41. The van der Waals surface area contributed by atoms with E-state index >= 15 is 0 Å². The van der Waals surface area contributed by atoms with Crippen LogP contribution in [0.3, 0.4) is 0 Å². The fraction of sp³-hybridized carbons (Fsp3) is 0.350. The van der Waals surface area contributed by atoms with E-state index in [4.69, 9.17) is 18.9 Å². The Labute approximate surface area is 165 Å². The summed E-state index contributed by atoms with van der Waals surface area (Å²) in [6.45, 7) is -0.0418. The summed E-state index contributed by atoms with van der Waals surface area (Å²) in [5.74, 6) is 0.371. The highest BCUT2D eigenvalue weighted by Crippen LogP contribution is 2.51. The van der Waals surface area contributed by atoms with Crippen molar-refractivity contribution in [1.82, 2.24) is 4.57 Å². The van der Waals surface area contributed by atoms with Crippen LogP contribution in [0.4, 0.5) is 0 Å². The predicted octanol–water partition coefficient (Wildman–Crippen LogP) is 1.30. The number of aromatic hydroxyl groups is 1. The minimum atomic E-state index is -1.33. The number of phenolic OH excluding ortho intramolecular Hbond substituents is 1. The molecule has 0 saturated heterocycles. The summed E-state index contributed by atoms with van der Waals surface area (Å²) in [4.78, 5) is 13.5. The summed E-state index contributed by atoms with van der Waals surface area (Å²) in [5, 5.41) is 32.0. The molecule has 0 spiro atoms. The average molecular weight is 403 g/mol. The van der Waals surface area contributed by atoms with Gasteiger partial charge in [-0.2, -0.15) is 0 Å². The molecule has 3 N–H and O–H groups in total. The van der Waals surface area contributed by atoms with Crippen LogP contribution in [0.15, 0.2) is 16.9 Å². The zero-order valence-corrected chi connectivity index (χ0v) is 16.3. The number of pyridine rings is 1. The predicted molar refractivity (Wildman–Crippen MR) is 105 cm³/mol. The van der Waals surface area contributed by atoms with Gasteiger partial charge in [0.25, 0.3) is 0 Å². The van der Waals surface area contributed by atoms with Crippen molar-refractivity contribution in [3.05, 3.63) is 27.9 Å². The minimum absolute atomic E-state index is 0.0418. The van der Waals surface area contributed by atoms with Gasteiger partial charge in [0.1, 0.15) is 12.2 Å². The van der Waals surface area contributed by atoms with Gasteiger partial charge in [-0.3, -0.25) is 4.79 Å².